The third kappa shape index (κ3) is 4.36. The quantitative estimate of drug-likeness (QED) is 0.372. The second-order valence-corrected chi connectivity index (χ2v) is 7.42. The Morgan fingerprint density at radius 3 is 2.61 bits per heavy atom. The third-order valence-electron chi connectivity index (χ3n) is 5.38. The minimum absolute atomic E-state index is 0.0902. The predicted octanol–water partition coefficient (Wildman–Crippen LogP) is 1.71. The van der Waals surface area contributed by atoms with E-state index < -0.39 is 23.5 Å². The fourth-order valence-corrected chi connectivity index (χ4v) is 3.71. The van der Waals surface area contributed by atoms with Gasteiger partial charge in [-0.2, -0.15) is 0 Å². The fraction of sp³-hybridized carbons (Fsp3) is 0.217. The molecule has 1 atom stereocenters. The summed E-state index contributed by atoms with van der Waals surface area (Å²) in [6.07, 6.45) is 3.06. The lowest BCUT2D eigenvalue weighted by molar-refractivity contribution is -0.141. The van der Waals surface area contributed by atoms with Gasteiger partial charge in [0, 0.05) is 29.6 Å². The number of fused-ring (bicyclic) bond motifs is 2. The summed E-state index contributed by atoms with van der Waals surface area (Å²) in [4.78, 5) is 44.6. The number of methoxy groups -OCH3 is 2. The smallest absolute Gasteiger partial charge is 0.326 e. The molecule has 4 rings (SSSR count). The van der Waals surface area contributed by atoms with Crippen LogP contribution in [0.4, 0.5) is 0 Å². The van der Waals surface area contributed by atoms with Gasteiger partial charge in [-0.15, -0.1) is 0 Å². The number of rotatable bonds is 8. The van der Waals surface area contributed by atoms with Gasteiger partial charge in [-0.05, 0) is 17.7 Å². The molecule has 2 aromatic heterocycles. The number of hydrogen-bond donors (Lipinski definition) is 3. The monoisotopic (exact) mass is 450 g/mol. The summed E-state index contributed by atoms with van der Waals surface area (Å²) in [7, 11) is 2.93. The number of ether oxygens (including phenoxy) is 2. The van der Waals surface area contributed by atoms with Crippen LogP contribution in [0.3, 0.4) is 0 Å². The zero-order valence-corrected chi connectivity index (χ0v) is 18.0. The highest BCUT2D eigenvalue weighted by atomic mass is 16.5. The molecular formula is C23H22N4O6. The number of carboxylic acids is 1. The lowest BCUT2D eigenvalue weighted by Gasteiger charge is -2.15. The number of aromatic amines is 1. The van der Waals surface area contributed by atoms with Gasteiger partial charge < -0.3 is 24.9 Å². The summed E-state index contributed by atoms with van der Waals surface area (Å²) in [6, 6.07) is 9.40. The molecule has 2 heterocycles. The summed E-state index contributed by atoms with van der Waals surface area (Å²) >= 11 is 0. The van der Waals surface area contributed by atoms with E-state index >= 15 is 0 Å². The molecule has 0 saturated heterocycles. The van der Waals surface area contributed by atoms with Gasteiger partial charge in [0.2, 0.25) is 5.91 Å². The molecule has 0 spiro atoms. The molecule has 4 aromatic rings. The Hall–Kier alpha value is -4.34. The number of aromatic nitrogens is 3. The van der Waals surface area contributed by atoms with Gasteiger partial charge in [0.05, 0.1) is 31.4 Å². The molecular weight excluding hydrogens is 428 g/mol. The molecule has 0 aliphatic heterocycles. The number of nitrogens with zero attached hydrogens (tertiary/aromatic N) is 2. The van der Waals surface area contributed by atoms with Crippen molar-refractivity contribution in [3.63, 3.8) is 0 Å². The molecule has 10 nitrogen and oxygen atoms in total. The van der Waals surface area contributed by atoms with E-state index in [1.165, 1.54) is 26.6 Å². The molecule has 0 aliphatic carbocycles. The average molecular weight is 450 g/mol. The van der Waals surface area contributed by atoms with E-state index in [9.17, 15) is 19.5 Å². The van der Waals surface area contributed by atoms with Crippen molar-refractivity contribution in [2.45, 2.75) is 19.0 Å². The highest BCUT2D eigenvalue weighted by Gasteiger charge is 2.22. The van der Waals surface area contributed by atoms with Gasteiger partial charge in [0.15, 0.2) is 11.5 Å². The van der Waals surface area contributed by atoms with Crippen molar-refractivity contribution in [2.75, 3.05) is 14.2 Å². The SMILES string of the molecule is COc1cc2ncn(CC(=O)NC(Cc3c[nH]c4ccccc34)C(=O)O)c(=O)c2cc1OC. The Morgan fingerprint density at radius 1 is 1.15 bits per heavy atom. The molecule has 10 heteroatoms. The number of carboxylic acid groups (broad SMARTS) is 1. The van der Waals surface area contributed by atoms with Crippen molar-refractivity contribution >= 4 is 33.7 Å². The Balaban J connectivity index is 1.54. The molecule has 0 radical (unpaired) electrons. The average Bonchev–Trinajstić information content (AvgIpc) is 3.22. The Kier molecular flexibility index (Phi) is 5.99. The van der Waals surface area contributed by atoms with Gasteiger partial charge in [0.25, 0.3) is 5.56 Å². The van der Waals surface area contributed by atoms with Crippen LogP contribution in [0.2, 0.25) is 0 Å². The zero-order valence-electron chi connectivity index (χ0n) is 18.0. The zero-order chi connectivity index (χ0) is 23.5. The van der Waals surface area contributed by atoms with Gasteiger partial charge >= 0.3 is 5.97 Å². The van der Waals surface area contributed by atoms with Crippen LogP contribution in [0.1, 0.15) is 5.56 Å². The van der Waals surface area contributed by atoms with E-state index in [0.717, 1.165) is 21.0 Å². The van der Waals surface area contributed by atoms with E-state index in [0.29, 0.717) is 17.0 Å². The molecule has 2 aromatic carbocycles. The van der Waals surface area contributed by atoms with Crippen LogP contribution in [0.5, 0.6) is 11.5 Å². The number of benzene rings is 2. The van der Waals surface area contributed by atoms with Crippen molar-refractivity contribution in [3.8, 4) is 11.5 Å². The number of H-pyrrole nitrogens is 1. The van der Waals surface area contributed by atoms with E-state index in [1.54, 1.807) is 12.3 Å². The largest absolute Gasteiger partial charge is 0.493 e. The van der Waals surface area contributed by atoms with Crippen molar-refractivity contribution in [2.24, 2.45) is 0 Å². The second-order valence-electron chi connectivity index (χ2n) is 7.42. The van der Waals surface area contributed by atoms with Crippen molar-refractivity contribution in [3.05, 3.63) is 64.8 Å². The lowest BCUT2D eigenvalue weighted by atomic mass is 10.0. The highest BCUT2D eigenvalue weighted by Crippen LogP contribution is 2.29. The number of nitrogens with one attached hydrogen (secondary N) is 2. The molecule has 33 heavy (non-hydrogen) atoms. The minimum atomic E-state index is -1.17. The minimum Gasteiger partial charge on any atom is -0.493 e. The van der Waals surface area contributed by atoms with Gasteiger partial charge in [-0.1, -0.05) is 18.2 Å². The lowest BCUT2D eigenvalue weighted by Crippen LogP contribution is -2.44. The maximum absolute atomic E-state index is 12.9. The number of hydrogen-bond acceptors (Lipinski definition) is 6. The summed E-state index contributed by atoms with van der Waals surface area (Å²) in [5.74, 6) is -1.01. The number of para-hydroxylation sites is 1. The third-order valence-corrected chi connectivity index (χ3v) is 5.38. The molecule has 170 valence electrons. The van der Waals surface area contributed by atoms with Crippen molar-refractivity contribution < 1.29 is 24.2 Å². The highest BCUT2D eigenvalue weighted by molar-refractivity contribution is 5.87. The van der Waals surface area contributed by atoms with Crippen LogP contribution in [-0.2, 0) is 22.6 Å². The molecule has 0 bridgehead atoms. The normalized spacial score (nSPS) is 11.9. The van der Waals surface area contributed by atoms with E-state index in [4.69, 9.17) is 9.47 Å². The van der Waals surface area contributed by atoms with Crippen LogP contribution >= 0.6 is 0 Å². The maximum atomic E-state index is 12.9. The van der Waals surface area contributed by atoms with Crippen LogP contribution < -0.4 is 20.3 Å². The van der Waals surface area contributed by atoms with E-state index in [-0.39, 0.29) is 18.4 Å². The molecule has 1 unspecified atom stereocenters. The first-order valence-electron chi connectivity index (χ1n) is 10.1. The first-order valence-corrected chi connectivity index (χ1v) is 10.1. The second kappa shape index (κ2) is 9.03. The number of carbonyl (C=O) groups is 2. The summed E-state index contributed by atoms with van der Waals surface area (Å²) in [5.41, 5.74) is 1.57. The molecule has 0 aliphatic rings. The molecule has 3 N–H and O–H groups in total. The summed E-state index contributed by atoms with van der Waals surface area (Å²) < 4.78 is 11.6. The molecule has 1 amide bonds. The van der Waals surface area contributed by atoms with Gasteiger partial charge in [-0.3, -0.25) is 14.2 Å². The maximum Gasteiger partial charge on any atom is 0.326 e. The Bertz CT molecular complexity index is 1410. The summed E-state index contributed by atoms with van der Waals surface area (Å²) in [6.45, 7) is -0.381. The van der Waals surface area contributed by atoms with Crippen LogP contribution in [0.25, 0.3) is 21.8 Å². The van der Waals surface area contributed by atoms with Gasteiger partial charge in [-0.25, -0.2) is 9.78 Å². The predicted molar refractivity (Wildman–Crippen MR) is 121 cm³/mol. The van der Waals surface area contributed by atoms with E-state index in [1.807, 2.05) is 24.3 Å². The molecule has 0 saturated carbocycles. The van der Waals surface area contributed by atoms with Gasteiger partial charge in [0.1, 0.15) is 12.6 Å². The first kappa shape index (κ1) is 21.9. The van der Waals surface area contributed by atoms with E-state index in [2.05, 4.69) is 15.3 Å². The van der Waals surface area contributed by atoms with Crippen LogP contribution in [0.15, 0.2) is 53.7 Å². The van der Waals surface area contributed by atoms with Crippen LogP contribution in [0, 0.1) is 0 Å². The Labute approximate surface area is 187 Å². The topological polar surface area (TPSA) is 136 Å². The standard InChI is InChI=1S/C23H22N4O6/c1-32-19-8-15-17(9-20(19)33-2)25-12-27(22(15)29)11-21(28)26-18(23(30)31)7-13-10-24-16-6-4-3-5-14(13)16/h3-6,8-10,12,18,24H,7,11H2,1-2H3,(H,26,28)(H,30,31). The van der Waals surface area contributed by atoms with Crippen LogP contribution in [-0.4, -0.2) is 51.8 Å². The fourth-order valence-electron chi connectivity index (χ4n) is 3.71. The number of carbonyl (C=O) groups excluding carboxylic acids is 1. The number of amides is 1. The van der Waals surface area contributed by atoms with Crippen molar-refractivity contribution in [1.82, 2.24) is 19.9 Å². The number of aliphatic carboxylic acids is 1. The Morgan fingerprint density at radius 2 is 1.88 bits per heavy atom. The molecule has 0 fully saturated rings. The summed E-state index contributed by atoms with van der Waals surface area (Å²) in [5, 5.41) is 13.3. The first-order chi connectivity index (χ1) is 15.9. The van der Waals surface area contributed by atoms with Crippen molar-refractivity contribution in [1.29, 1.82) is 0 Å².